The molecule has 5 nitrogen and oxygen atoms in total. The summed E-state index contributed by atoms with van der Waals surface area (Å²) in [6.07, 6.45) is 1.03. The van der Waals surface area contributed by atoms with Crippen LogP contribution in [0.3, 0.4) is 0 Å². The van der Waals surface area contributed by atoms with Gasteiger partial charge in [0.15, 0.2) is 0 Å². The molecule has 0 atom stereocenters. The summed E-state index contributed by atoms with van der Waals surface area (Å²) in [5.74, 6) is -0.582. The molecule has 0 aromatic rings. The number of esters is 1. The molecule has 14 heavy (non-hydrogen) atoms. The zero-order valence-corrected chi connectivity index (χ0v) is 9.43. The van der Waals surface area contributed by atoms with Crippen LogP contribution in [-0.4, -0.2) is 45.1 Å². The van der Waals surface area contributed by atoms with Gasteiger partial charge in [-0.05, 0) is 12.5 Å². The highest BCUT2D eigenvalue weighted by Crippen LogP contribution is 1.95. The van der Waals surface area contributed by atoms with Crippen molar-refractivity contribution in [3.05, 3.63) is 12.2 Å². The fraction of sp³-hybridized carbons (Fsp3) is 0.625. The highest BCUT2D eigenvalue weighted by atomic mass is 32.2. The number of carbonyl (C=O) groups is 1. The molecule has 0 aliphatic carbocycles. The highest BCUT2D eigenvalue weighted by Gasteiger charge is 2.15. The smallest absolute Gasteiger partial charge is 0.321 e. The Balaban J connectivity index is 4.02. The zero-order valence-electron chi connectivity index (χ0n) is 8.61. The molecule has 82 valence electrons. The Bertz CT molecular complexity index is 320. The second-order valence-corrected chi connectivity index (χ2v) is 5.23. The topological polar surface area (TPSA) is 63.7 Å². The molecule has 0 aromatic carbocycles. The molecule has 0 unspecified atom stereocenters. The van der Waals surface area contributed by atoms with E-state index < -0.39 is 16.0 Å². The lowest BCUT2D eigenvalue weighted by molar-refractivity contribution is -0.142. The Labute approximate surface area is 84.4 Å². The Hall–Kier alpha value is -0.880. The first-order chi connectivity index (χ1) is 6.23. The number of hydrogen-bond acceptors (Lipinski definition) is 4. The Morgan fingerprint density at radius 3 is 2.36 bits per heavy atom. The van der Waals surface area contributed by atoms with Gasteiger partial charge in [-0.3, -0.25) is 4.79 Å². The predicted molar refractivity (Wildman–Crippen MR) is 53.2 cm³/mol. The number of likely N-dealkylation sites (N-methyl/N-ethyl adjacent to an activating group) is 1. The van der Waals surface area contributed by atoms with E-state index in [1.807, 2.05) is 0 Å². The van der Waals surface area contributed by atoms with Crippen molar-refractivity contribution < 1.29 is 17.9 Å². The molecule has 0 aliphatic rings. The summed E-state index contributed by atoms with van der Waals surface area (Å²) in [5.41, 5.74) is 0.709. The van der Waals surface area contributed by atoms with E-state index in [4.69, 9.17) is 4.74 Å². The minimum atomic E-state index is -3.33. The van der Waals surface area contributed by atoms with E-state index in [1.165, 1.54) is 7.05 Å². The van der Waals surface area contributed by atoms with E-state index >= 15 is 0 Å². The zero-order chi connectivity index (χ0) is 11.4. The van der Waals surface area contributed by atoms with Crippen LogP contribution in [0.2, 0.25) is 0 Å². The van der Waals surface area contributed by atoms with Crippen LogP contribution in [0, 0.1) is 0 Å². The van der Waals surface area contributed by atoms with Crippen molar-refractivity contribution in [2.75, 3.05) is 26.5 Å². The third-order valence-electron chi connectivity index (χ3n) is 1.40. The van der Waals surface area contributed by atoms with Gasteiger partial charge in [0.25, 0.3) is 0 Å². The summed E-state index contributed by atoms with van der Waals surface area (Å²) < 4.78 is 27.5. The molecule has 0 heterocycles. The van der Waals surface area contributed by atoms with Crippen molar-refractivity contribution in [1.29, 1.82) is 0 Å². The number of nitrogens with zero attached hydrogens (tertiary/aromatic N) is 1. The number of hydrogen-bond donors (Lipinski definition) is 0. The van der Waals surface area contributed by atoms with E-state index in [0.29, 0.717) is 5.57 Å². The SMILES string of the molecule is C=C(C)COC(=O)CN(C)S(C)(=O)=O. The normalized spacial score (nSPS) is 11.4. The fourth-order valence-corrected chi connectivity index (χ4v) is 0.888. The molecule has 0 N–H and O–H groups in total. The lowest BCUT2D eigenvalue weighted by atomic mass is 10.4. The lowest BCUT2D eigenvalue weighted by Gasteiger charge is -2.12. The minimum absolute atomic E-state index is 0.121. The summed E-state index contributed by atoms with van der Waals surface area (Å²) in [7, 11) is -2.01. The van der Waals surface area contributed by atoms with Crippen LogP contribution in [0.5, 0.6) is 0 Å². The molecular weight excluding hydrogens is 206 g/mol. The number of sulfonamides is 1. The van der Waals surface area contributed by atoms with Crippen molar-refractivity contribution in [1.82, 2.24) is 4.31 Å². The van der Waals surface area contributed by atoms with E-state index in [2.05, 4.69) is 6.58 Å². The van der Waals surface area contributed by atoms with Gasteiger partial charge in [-0.15, -0.1) is 0 Å². The van der Waals surface area contributed by atoms with Gasteiger partial charge in [0, 0.05) is 7.05 Å². The Morgan fingerprint density at radius 2 is 2.00 bits per heavy atom. The molecule has 6 heteroatoms. The van der Waals surface area contributed by atoms with Gasteiger partial charge in [-0.1, -0.05) is 6.58 Å². The Morgan fingerprint density at radius 1 is 1.50 bits per heavy atom. The van der Waals surface area contributed by atoms with Gasteiger partial charge in [-0.2, -0.15) is 4.31 Å². The second-order valence-electron chi connectivity index (χ2n) is 3.14. The summed E-state index contributed by atoms with van der Waals surface area (Å²) in [5, 5.41) is 0. The first-order valence-electron chi connectivity index (χ1n) is 3.95. The van der Waals surface area contributed by atoms with Crippen molar-refractivity contribution >= 4 is 16.0 Å². The average Bonchev–Trinajstić information content (AvgIpc) is 1.99. The molecule has 0 amide bonds. The van der Waals surface area contributed by atoms with Crippen LogP contribution in [-0.2, 0) is 19.6 Å². The maximum atomic E-state index is 11.0. The van der Waals surface area contributed by atoms with Gasteiger partial charge >= 0.3 is 5.97 Å². The van der Waals surface area contributed by atoms with Gasteiger partial charge in [0.2, 0.25) is 10.0 Å². The third-order valence-corrected chi connectivity index (χ3v) is 2.66. The van der Waals surface area contributed by atoms with Gasteiger partial charge in [0.05, 0.1) is 6.26 Å². The first-order valence-corrected chi connectivity index (χ1v) is 5.79. The van der Waals surface area contributed by atoms with Crippen LogP contribution < -0.4 is 0 Å². The molecule has 0 radical (unpaired) electrons. The average molecular weight is 221 g/mol. The molecular formula is C8H15NO4S. The quantitative estimate of drug-likeness (QED) is 0.484. The third kappa shape index (κ3) is 5.71. The van der Waals surface area contributed by atoms with Crippen LogP contribution in [0.4, 0.5) is 0 Å². The van der Waals surface area contributed by atoms with Crippen LogP contribution >= 0.6 is 0 Å². The van der Waals surface area contributed by atoms with Crippen molar-refractivity contribution in [2.45, 2.75) is 6.92 Å². The van der Waals surface area contributed by atoms with Crippen molar-refractivity contribution in [3.8, 4) is 0 Å². The number of ether oxygens (including phenoxy) is 1. The summed E-state index contributed by atoms with van der Waals surface area (Å²) in [4.78, 5) is 11.0. The van der Waals surface area contributed by atoms with E-state index in [9.17, 15) is 13.2 Å². The predicted octanol–water partition coefficient (Wildman–Crippen LogP) is -0.00290. The maximum absolute atomic E-state index is 11.0. The van der Waals surface area contributed by atoms with Gasteiger partial charge in [0.1, 0.15) is 13.2 Å². The maximum Gasteiger partial charge on any atom is 0.321 e. The lowest BCUT2D eigenvalue weighted by Crippen LogP contribution is -2.32. The molecule has 0 saturated carbocycles. The van der Waals surface area contributed by atoms with Crippen LogP contribution in [0.1, 0.15) is 6.92 Å². The van der Waals surface area contributed by atoms with E-state index in [1.54, 1.807) is 6.92 Å². The molecule has 0 aromatic heterocycles. The van der Waals surface area contributed by atoms with Crippen LogP contribution in [0.15, 0.2) is 12.2 Å². The highest BCUT2D eigenvalue weighted by molar-refractivity contribution is 7.88. The molecule has 0 saturated heterocycles. The molecule has 0 fully saturated rings. The minimum Gasteiger partial charge on any atom is -0.460 e. The molecule has 0 spiro atoms. The van der Waals surface area contributed by atoms with Gasteiger partial charge in [-0.25, -0.2) is 8.42 Å². The monoisotopic (exact) mass is 221 g/mol. The summed E-state index contributed by atoms with van der Waals surface area (Å²) >= 11 is 0. The second kappa shape index (κ2) is 5.11. The molecule has 0 rings (SSSR count). The number of carbonyl (C=O) groups excluding carboxylic acids is 1. The van der Waals surface area contributed by atoms with Crippen molar-refractivity contribution in [2.24, 2.45) is 0 Å². The molecule has 0 bridgehead atoms. The Kier molecular flexibility index (Phi) is 4.79. The summed E-state index contributed by atoms with van der Waals surface area (Å²) in [6, 6.07) is 0. The summed E-state index contributed by atoms with van der Waals surface area (Å²) in [6.45, 7) is 5.11. The first kappa shape index (κ1) is 13.1. The fourth-order valence-electron chi connectivity index (χ4n) is 0.548. The standard InChI is InChI=1S/C8H15NO4S/c1-7(2)6-13-8(10)5-9(3)14(4,11)12/h1,5-6H2,2-4H3. The largest absolute Gasteiger partial charge is 0.460 e. The van der Waals surface area contributed by atoms with Crippen molar-refractivity contribution in [3.63, 3.8) is 0 Å². The van der Waals surface area contributed by atoms with E-state index in [-0.39, 0.29) is 13.2 Å². The van der Waals surface area contributed by atoms with Crippen LogP contribution in [0.25, 0.3) is 0 Å². The van der Waals surface area contributed by atoms with Gasteiger partial charge < -0.3 is 4.74 Å². The molecule has 0 aliphatic heterocycles. The van der Waals surface area contributed by atoms with E-state index in [0.717, 1.165) is 10.6 Å². The number of rotatable bonds is 5.